The summed E-state index contributed by atoms with van der Waals surface area (Å²) >= 11 is 0. The number of imidazole rings is 1. The fourth-order valence-corrected chi connectivity index (χ4v) is 2.84. The molecule has 1 amide bonds. The quantitative estimate of drug-likeness (QED) is 0.709. The number of piperidine rings is 1. The van der Waals surface area contributed by atoms with Gasteiger partial charge in [0.2, 0.25) is 0 Å². The van der Waals surface area contributed by atoms with Crippen LogP contribution in [0.2, 0.25) is 0 Å². The zero-order valence-corrected chi connectivity index (χ0v) is 14.3. The van der Waals surface area contributed by atoms with Crippen LogP contribution in [0.5, 0.6) is 0 Å². The molecule has 0 bridgehead atoms. The molecule has 3 rings (SSSR count). The molecule has 0 radical (unpaired) electrons. The highest BCUT2D eigenvalue weighted by Gasteiger charge is 2.20. The predicted octanol–water partition coefficient (Wildman–Crippen LogP) is 1.65. The third-order valence-electron chi connectivity index (χ3n) is 4.17. The van der Waals surface area contributed by atoms with E-state index in [4.69, 9.17) is 14.3 Å². The second kappa shape index (κ2) is 9.63. The minimum Gasteiger partial charge on any atom is -0.483 e. The second-order valence-corrected chi connectivity index (χ2v) is 6.06. The van der Waals surface area contributed by atoms with Crippen LogP contribution in [-0.2, 0) is 11.3 Å². The molecule has 1 fully saturated rings. The van der Waals surface area contributed by atoms with E-state index < -0.39 is 0 Å². The number of aromatic nitrogens is 2. The van der Waals surface area contributed by atoms with Crippen molar-refractivity contribution in [2.24, 2.45) is 5.92 Å². The van der Waals surface area contributed by atoms with Gasteiger partial charge in [0.15, 0.2) is 0 Å². The van der Waals surface area contributed by atoms with Gasteiger partial charge in [-0.15, -0.1) is 0 Å². The topological polar surface area (TPSA) is 111 Å². The number of furan rings is 1. The molecular weight excluding hydrogens is 324 g/mol. The number of amides is 1. The van der Waals surface area contributed by atoms with Crippen LogP contribution in [0.1, 0.15) is 34.7 Å². The smallest absolute Gasteiger partial charge is 0.290 e. The minimum absolute atomic E-state index is 0.0535. The molecule has 0 spiro atoms. The largest absolute Gasteiger partial charge is 0.483 e. The van der Waals surface area contributed by atoms with Gasteiger partial charge < -0.3 is 19.8 Å². The molecule has 2 aromatic heterocycles. The second-order valence-electron chi connectivity index (χ2n) is 6.06. The highest BCUT2D eigenvalue weighted by Crippen LogP contribution is 2.18. The number of hydrogen-bond acceptors (Lipinski definition) is 5. The highest BCUT2D eigenvalue weighted by atomic mass is 16.3. The van der Waals surface area contributed by atoms with E-state index in [9.17, 15) is 4.79 Å². The number of carboxylic acid groups (broad SMARTS) is 1. The van der Waals surface area contributed by atoms with E-state index in [-0.39, 0.29) is 12.4 Å². The molecule has 1 saturated heterocycles. The van der Waals surface area contributed by atoms with E-state index in [2.05, 4.69) is 20.2 Å². The van der Waals surface area contributed by atoms with Crippen LogP contribution in [-0.4, -0.2) is 52.0 Å². The van der Waals surface area contributed by atoms with E-state index in [1.807, 2.05) is 13.1 Å². The molecule has 3 heterocycles. The molecule has 0 aliphatic carbocycles. The fraction of sp³-hybridized carbons (Fsp3) is 0.471. The van der Waals surface area contributed by atoms with Crippen LogP contribution in [0, 0.1) is 12.8 Å². The zero-order valence-electron chi connectivity index (χ0n) is 14.3. The Morgan fingerprint density at radius 2 is 2.24 bits per heavy atom. The van der Waals surface area contributed by atoms with Gasteiger partial charge in [-0.2, -0.15) is 0 Å². The lowest BCUT2D eigenvalue weighted by molar-refractivity contribution is -0.122. The maximum absolute atomic E-state index is 11.9. The number of aryl methyl sites for hydroxylation is 1. The summed E-state index contributed by atoms with van der Waals surface area (Å²) in [7, 11) is 0. The summed E-state index contributed by atoms with van der Waals surface area (Å²) in [6.45, 7) is 5.48. The monoisotopic (exact) mass is 348 g/mol. The number of hydrogen-bond donors (Lipinski definition) is 3. The standard InChI is InChI=1S/C16H22N4O2.CH2O2/c1-12-8-17-15(19-12)10-20-5-2-13(3-6-20)9-18-16(21)14-4-7-22-11-14;2-1-3/h4,7-8,11,13H,2-3,5-6,9-10H2,1H3,(H,17,19)(H,18,21);1H,(H,2,3). The first-order valence-electron chi connectivity index (χ1n) is 8.23. The molecule has 8 heteroatoms. The first kappa shape index (κ1) is 18.7. The van der Waals surface area contributed by atoms with Crippen molar-refractivity contribution in [3.63, 3.8) is 0 Å². The molecule has 0 aromatic carbocycles. The molecule has 25 heavy (non-hydrogen) atoms. The van der Waals surface area contributed by atoms with Crippen molar-refractivity contribution >= 4 is 12.4 Å². The van der Waals surface area contributed by atoms with Gasteiger partial charge in [-0.25, -0.2) is 4.98 Å². The normalized spacial score (nSPS) is 15.2. The van der Waals surface area contributed by atoms with Crippen LogP contribution >= 0.6 is 0 Å². The number of carbonyl (C=O) groups excluding carboxylic acids is 1. The summed E-state index contributed by atoms with van der Waals surface area (Å²) in [5, 5.41) is 9.88. The van der Waals surface area contributed by atoms with Gasteiger partial charge in [0.25, 0.3) is 12.4 Å². The number of aromatic amines is 1. The molecule has 3 N–H and O–H groups in total. The Labute approximate surface area is 146 Å². The number of nitrogens with one attached hydrogen (secondary N) is 2. The summed E-state index contributed by atoms with van der Waals surface area (Å²) in [6.07, 6.45) is 7.07. The van der Waals surface area contributed by atoms with Crippen LogP contribution < -0.4 is 5.32 Å². The molecule has 2 aromatic rings. The van der Waals surface area contributed by atoms with Gasteiger partial charge in [0, 0.05) is 18.4 Å². The van der Waals surface area contributed by atoms with Gasteiger partial charge in [0.05, 0.1) is 18.4 Å². The number of likely N-dealkylation sites (tertiary alicyclic amines) is 1. The van der Waals surface area contributed by atoms with Gasteiger partial charge in [-0.05, 0) is 44.8 Å². The van der Waals surface area contributed by atoms with E-state index >= 15 is 0 Å². The third kappa shape index (κ3) is 6.07. The van der Waals surface area contributed by atoms with Crippen molar-refractivity contribution in [2.45, 2.75) is 26.3 Å². The van der Waals surface area contributed by atoms with E-state index in [0.717, 1.165) is 50.5 Å². The Morgan fingerprint density at radius 3 is 2.80 bits per heavy atom. The SMILES string of the molecule is Cc1cnc(CN2CCC(CNC(=O)c3ccoc3)CC2)[nH]1.O=CO. The lowest BCUT2D eigenvalue weighted by Crippen LogP contribution is -2.38. The van der Waals surface area contributed by atoms with Crippen molar-refractivity contribution in [3.05, 3.63) is 41.9 Å². The van der Waals surface area contributed by atoms with E-state index in [1.54, 1.807) is 6.07 Å². The zero-order chi connectivity index (χ0) is 18.1. The molecule has 1 aliphatic rings. The van der Waals surface area contributed by atoms with Crippen molar-refractivity contribution < 1.29 is 19.1 Å². The van der Waals surface area contributed by atoms with E-state index in [1.165, 1.54) is 12.5 Å². The van der Waals surface area contributed by atoms with Crippen LogP contribution in [0.4, 0.5) is 0 Å². The Hall–Kier alpha value is -2.61. The average molecular weight is 348 g/mol. The summed E-state index contributed by atoms with van der Waals surface area (Å²) in [6, 6.07) is 1.68. The molecule has 1 aliphatic heterocycles. The molecular formula is C17H24N4O4. The lowest BCUT2D eigenvalue weighted by Gasteiger charge is -2.31. The fourth-order valence-electron chi connectivity index (χ4n) is 2.84. The van der Waals surface area contributed by atoms with Crippen LogP contribution in [0.15, 0.2) is 29.2 Å². The molecule has 0 unspecified atom stereocenters. The Balaban J connectivity index is 0.000000701. The van der Waals surface area contributed by atoms with Gasteiger partial charge in [0.1, 0.15) is 12.1 Å². The summed E-state index contributed by atoms with van der Waals surface area (Å²) < 4.78 is 4.92. The third-order valence-corrected chi connectivity index (χ3v) is 4.17. The molecule has 0 saturated carbocycles. The van der Waals surface area contributed by atoms with E-state index in [0.29, 0.717) is 11.5 Å². The Morgan fingerprint density at radius 1 is 1.52 bits per heavy atom. The number of H-pyrrole nitrogens is 1. The van der Waals surface area contributed by atoms with Crippen molar-refractivity contribution in [1.82, 2.24) is 20.2 Å². The maximum atomic E-state index is 11.9. The number of carbonyl (C=O) groups is 2. The van der Waals surface area contributed by atoms with Crippen LogP contribution in [0.25, 0.3) is 0 Å². The number of rotatable bonds is 5. The van der Waals surface area contributed by atoms with Crippen molar-refractivity contribution in [2.75, 3.05) is 19.6 Å². The Kier molecular flexibility index (Phi) is 7.21. The van der Waals surface area contributed by atoms with Gasteiger partial charge in [-0.1, -0.05) is 0 Å². The summed E-state index contributed by atoms with van der Waals surface area (Å²) in [5.74, 6) is 1.52. The first-order chi connectivity index (χ1) is 12.1. The maximum Gasteiger partial charge on any atom is 0.290 e. The lowest BCUT2D eigenvalue weighted by atomic mass is 9.96. The van der Waals surface area contributed by atoms with Crippen molar-refractivity contribution in [3.8, 4) is 0 Å². The minimum atomic E-state index is -0.250. The highest BCUT2D eigenvalue weighted by molar-refractivity contribution is 5.93. The summed E-state index contributed by atoms with van der Waals surface area (Å²) in [5.41, 5.74) is 1.69. The molecule has 136 valence electrons. The Bertz CT molecular complexity index is 645. The predicted molar refractivity (Wildman–Crippen MR) is 91.1 cm³/mol. The van der Waals surface area contributed by atoms with Gasteiger partial charge in [-0.3, -0.25) is 14.5 Å². The molecule has 8 nitrogen and oxygen atoms in total. The summed E-state index contributed by atoms with van der Waals surface area (Å²) in [4.78, 5) is 30.3. The van der Waals surface area contributed by atoms with Crippen LogP contribution in [0.3, 0.4) is 0 Å². The first-order valence-corrected chi connectivity index (χ1v) is 8.23. The van der Waals surface area contributed by atoms with Gasteiger partial charge >= 0.3 is 0 Å². The van der Waals surface area contributed by atoms with Crippen molar-refractivity contribution in [1.29, 1.82) is 0 Å². The number of nitrogens with zero attached hydrogens (tertiary/aromatic N) is 2. The molecule has 0 atom stereocenters. The average Bonchev–Trinajstić information content (AvgIpc) is 3.27.